The number of Topliss-reactive ketones (excluding diaryl/α,β-unsaturated/α-hetero) is 2. The molecule has 3 fully saturated rings. The Hall–Kier alpha value is -1.33. The molecule has 0 aromatic heterocycles. The normalized spacial score (nSPS) is 40.6. The van der Waals surface area contributed by atoms with E-state index in [9.17, 15) is 19.5 Å². The third kappa shape index (κ3) is 4.13. The van der Waals surface area contributed by atoms with E-state index >= 15 is 0 Å². The van der Waals surface area contributed by atoms with E-state index in [1.807, 2.05) is 6.92 Å². The number of ether oxygens (including phenoxy) is 1. The molecule has 0 aromatic carbocycles. The maximum atomic E-state index is 13.1. The molecule has 0 amide bonds. The van der Waals surface area contributed by atoms with E-state index in [2.05, 4.69) is 40.7 Å². The van der Waals surface area contributed by atoms with Crippen LogP contribution in [0.15, 0.2) is 11.6 Å². The molecule has 37 heavy (non-hydrogen) atoms. The van der Waals surface area contributed by atoms with Gasteiger partial charge in [-0.05, 0) is 93.3 Å². The highest BCUT2D eigenvalue weighted by Gasteiger charge is 2.65. The van der Waals surface area contributed by atoms with Crippen molar-refractivity contribution in [3.05, 3.63) is 11.6 Å². The van der Waals surface area contributed by atoms with Crippen LogP contribution in [0.5, 0.6) is 0 Å². The van der Waals surface area contributed by atoms with E-state index in [-0.39, 0.29) is 39.8 Å². The van der Waals surface area contributed by atoms with Gasteiger partial charge in [-0.1, -0.05) is 46.3 Å². The molecule has 8 atom stereocenters. The first-order valence-corrected chi connectivity index (χ1v) is 14.6. The number of allylic oxidation sites excluding steroid dienone is 2. The largest absolute Gasteiger partial charge is 0.382 e. The Morgan fingerprint density at radius 2 is 1.84 bits per heavy atom. The van der Waals surface area contributed by atoms with Gasteiger partial charge in [-0.15, -0.1) is 0 Å². The number of aliphatic hydroxyl groups excluding tert-OH is 1. The van der Waals surface area contributed by atoms with Gasteiger partial charge in [0.05, 0.1) is 5.60 Å². The lowest BCUT2D eigenvalue weighted by Crippen LogP contribution is -2.57. The second-order valence-electron chi connectivity index (χ2n) is 14.5. The molecule has 0 radical (unpaired) electrons. The molecule has 4 rings (SSSR count). The van der Waals surface area contributed by atoms with E-state index in [1.165, 1.54) is 0 Å². The molecule has 4 aliphatic rings. The summed E-state index contributed by atoms with van der Waals surface area (Å²) in [5.74, 6) is 0.659. The number of fused-ring (bicyclic) bond motifs is 5. The Labute approximate surface area is 224 Å². The van der Waals surface area contributed by atoms with E-state index in [1.54, 1.807) is 19.4 Å². The van der Waals surface area contributed by atoms with Gasteiger partial charge < -0.3 is 14.6 Å². The molecule has 0 aromatic rings. The molecule has 5 heteroatoms. The van der Waals surface area contributed by atoms with Crippen LogP contribution in [0, 0.1) is 45.3 Å². The summed E-state index contributed by atoms with van der Waals surface area (Å²) in [7, 11) is 0. The zero-order valence-corrected chi connectivity index (χ0v) is 24.5. The average molecular weight is 515 g/mol. The Balaban J connectivity index is 1.61. The van der Waals surface area contributed by atoms with Gasteiger partial charge in [-0.3, -0.25) is 9.59 Å². The van der Waals surface area contributed by atoms with E-state index in [0.717, 1.165) is 44.8 Å². The highest BCUT2D eigenvalue weighted by atomic mass is 16.5. The minimum atomic E-state index is -1.25. The van der Waals surface area contributed by atoms with Crippen molar-refractivity contribution >= 4 is 17.9 Å². The van der Waals surface area contributed by atoms with E-state index in [0.29, 0.717) is 30.6 Å². The molecule has 0 aliphatic heterocycles. The Bertz CT molecular complexity index is 978. The van der Waals surface area contributed by atoms with Gasteiger partial charge in [0.2, 0.25) is 0 Å². The van der Waals surface area contributed by atoms with Crippen LogP contribution in [0.2, 0.25) is 0 Å². The number of rotatable bonds is 8. The number of aldehydes is 1. The molecule has 0 heterocycles. The SMILES string of the molecule is CCOC(C)(C)[C@H](O)C(=O)C[C@@H](C=O)[C@@H]1CC[C@]2(C)C3=CC[C@H]4C(C)(C)C(=O)CC[C@]4(C)[C@H]3CC[C@@]12C. The smallest absolute Gasteiger partial charge is 0.164 e. The van der Waals surface area contributed by atoms with Crippen molar-refractivity contribution in [2.75, 3.05) is 6.61 Å². The lowest BCUT2D eigenvalue weighted by Gasteiger charge is -2.63. The standard InChI is InChI=1S/C32H50O5/c1-9-37-29(4,5)27(36)24(34)18-20(19-33)21-12-16-32(8)23-10-11-25-28(2,3)26(35)14-15-30(25,6)22(23)13-17-31(21,32)7/h10,19-22,25,27,36H,9,11-18H2,1-8H3/t20-,21-,22-,25-,27+,30+,31-,32+/m0/s1. The second-order valence-corrected chi connectivity index (χ2v) is 14.5. The van der Waals surface area contributed by atoms with Gasteiger partial charge in [0.1, 0.15) is 18.2 Å². The molecule has 1 N–H and O–H groups in total. The predicted octanol–water partition coefficient (Wildman–Crippen LogP) is 6.11. The maximum absolute atomic E-state index is 13.1. The molecule has 0 spiro atoms. The van der Waals surface area contributed by atoms with Crippen molar-refractivity contribution in [1.29, 1.82) is 0 Å². The number of hydrogen-bond acceptors (Lipinski definition) is 5. The monoisotopic (exact) mass is 514 g/mol. The number of aliphatic hydroxyl groups is 1. The zero-order chi connectivity index (χ0) is 27.6. The zero-order valence-electron chi connectivity index (χ0n) is 24.5. The van der Waals surface area contributed by atoms with Crippen LogP contribution in [0.1, 0.15) is 107 Å². The Morgan fingerprint density at radius 1 is 1.16 bits per heavy atom. The van der Waals surface area contributed by atoms with Crippen molar-refractivity contribution in [2.45, 2.75) is 118 Å². The quantitative estimate of drug-likeness (QED) is 0.312. The van der Waals surface area contributed by atoms with Gasteiger partial charge in [-0.25, -0.2) is 0 Å². The third-order valence-electron chi connectivity index (χ3n) is 12.3. The fraction of sp³-hybridized carbons (Fsp3) is 0.844. The fourth-order valence-electron chi connectivity index (χ4n) is 9.71. The first kappa shape index (κ1) is 28.7. The van der Waals surface area contributed by atoms with Crippen LogP contribution in [-0.4, -0.2) is 41.3 Å². The summed E-state index contributed by atoms with van der Waals surface area (Å²) in [6.45, 7) is 17.2. The van der Waals surface area contributed by atoms with E-state index in [4.69, 9.17) is 4.74 Å². The van der Waals surface area contributed by atoms with Crippen LogP contribution in [-0.2, 0) is 19.1 Å². The molecule has 0 unspecified atom stereocenters. The van der Waals surface area contributed by atoms with Crippen molar-refractivity contribution in [3.63, 3.8) is 0 Å². The highest BCUT2D eigenvalue weighted by molar-refractivity contribution is 5.86. The minimum absolute atomic E-state index is 0.0202. The molecule has 3 saturated carbocycles. The molecular weight excluding hydrogens is 464 g/mol. The number of carbonyl (C=O) groups is 3. The summed E-state index contributed by atoms with van der Waals surface area (Å²) < 4.78 is 5.62. The number of ketones is 2. The van der Waals surface area contributed by atoms with Crippen LogP contribution < -0.4 is 0 Å². The van der Waals surface area contributed by atoms with Crippen LogP contribution in [0.4, 0.5) is 0 Å². The molecular formula is C32H50O5. The van der Waals surface area contributed by atoms with E-state index < -0.39 is 17.6 Å². The van der Waals surface area contributed by atoms with Gasteiger partial charge in [0.25, 0.3) is 0 Å². The lowest BCUT2D eigenvalue weighted by molar-refractivity contribution is -0.150. The lowest BCUT2D eigenvalue weighted by atomic mass is 9.41. The minimum Gasteiger partial charge on any atom is -0.382 e. The van der Waals surface area contributed by atoms with Gasteiger partial charge in [0, 0.05) is 30.8 Å². The van der Waals surface area contributed by atoms with Crippen molar-refractivity contribution in [3.8, 4) is 0 Å². The Kier molecular flexibility index (Phi) is 7.28. The average Bonchev–Trinajstić information content (AvgIpc) is 3.11. The van der Waals surface area contributed by atoms with Gasteiger partial charge >= 0.3 is 0 Å². The van der Waals surface area contributed by atoms with Crippen LogP contribution in [0.25, 0.3) is 0 Å². The fourth-order valence-corrected chi connectivity index (χ4v) is 9.71. The molecule has 5 nitrogen and oxygen atoms in total. The predicted molar refractivity (Wildman–Crippen MR) is 145 cm³/mol. The second kappa shape index (κ2) is 9.40. The van der Waals surface area contributed by atoms with Crippen LogP contribution in [0.3, 0.4) is 0 Å². The molecule has 4 aliphatic carbocycles. The molecule has 208 valence electrons. The van der Waals surface area contributed by atoms with Crippen molar-refractivity contribution in [2.24, 2.45) is 45.3 Å². The van der Waals surface area contributed by atoms with Gasteiger partial charge in [-0.2, -0.15) is 0 Å². The first-order valence-electron chi connectivity index (χ1n) is 14.6. The summed E-state index contributed by atoms with van der Waals surface area (Å²) in [4.78, 5) is 38.4. The number of hydrogen-bond donors (Lipinski definition) is 1. The summed E-state index contributed by atoms with van der Waals surface area (Å²) >= 11 is 0. The van der Waals surface area contributed by atoms with Crippen molar-refractivity contribution in [1.82, 2.24) is 0 Å². The van der Waals surface area contributed by atoms with Gasteiger partial charge in [0.15, 0.2) is 5.78 Å². The summed E-state index contributed by atoms with van der Waals surface area (Å²) in [6.07, 6.45) is 8.91. The summed E-state index contributed by atoms with van der Waals surface area (Å²) in [5, 5.41) is 10.7. The number of carbonyl (C=O) groups excluding carboxylic acids is 3. The molecule has 0 bridgehead atoms. The highest BCUT2D eigenvalue weighted by Crippen LogP contribution is 2.73. The maximum Gasteiger partial charge on any atom is 0.164 e. The summed E-state index contributed by atoms with van der Waals surface area (Å²) in [6, 6.07) is 0. The Morgan fingerprint density at radius 3 is 2.46 bits per heavy atom. The van der Waals surface area contributed by atoms with Crippen LogP contribution >= 0.6 is 0 Å². The topological polar surface area (TPSA) is 80.7 Å². The third-order valence-corrected chi connectivity index (χ3v) is 12.3. The first-order chi connectivity index (χ1) is 17.1. The summed E-state index contributed by atoms with van der Waals surface area (Å²) in [5.41, 5.74) is 0.325. The molecule has 0 saturated heterocycles. The van der Waals surface area contributed by atoms with Crippen molar-refractivity contribution < 1.29 is 24.2 Å².